The van der Waals surface area contributed by atoms with Gasteiger partial charge in [0.05, 0.1) is 6.04 Å². The van der Waals surface area contributed by atoms with Gasteiger partial charge in [-0.05, 0) is 32.6 Å². The van der Waals surface area contributed by atoms with E-state index in [0.717, 1.165) is 12.8 Å². The van der Waals surface area contributed by atoms with Crippen molar-refractivity contribution >= 4 is 12.0 Å². The summed E-state index contributed by atoms with van der Waals surface area (Å²) in [4.78, 5) is 32.6. The number of likely N-dealkylation sites (tertiary alicyclic amines) is 1. The highest BCUT2D eigenvalue weighted by Crippen LogP contribution is 2.28. The Kier molecular flexibility index (Phi) is 4.50. The molecule has 7 heteroatoms. The third-order valence-corrected chi connectivity index (χ3v) is 4.15. The zero-order chi connectivity index (χ0) is 15.5. The molecule has 21 heavy (non-hydrogen) atoms. The summed E-state index contributed by atoms with van der Waals surface area (Å²) in [7, 11) is 0. The molecule has 0 aromatic carbocycles. The Morgan fingerprint density at radius 3 is 2.90 bits per heavy atom. The lowest BCUT2D eigenvalue weighted by molar-refractivity contribution is -0.150. The number of aliphatic carboxylic acids is 1. The lowest BCUT2D eigenvalue weighted by Crippen LogP contribution is -2.60. The number of hydrogen-bond donors (Lipinski definition) is 3. The molecule has 1 aliphatic heterocycles. The van der Waals surface area contributed by atoms with E-state index in [2.05, 4.69) is 15.3 Å². The van der Waals surface area contributed by atoms with E-state index >= 15 is 0 Å². The number of amides is 2. The molecule has 1 aromatic rings. The highest BCUT2D eigenvalue weighted by Gasteiger charge is 2.44. The number of H-pyrrole nitrogens is 1. The van der Waals surface area contributed by atoms with Gasteiger partial charge in [-0.1, -0.05) is 6.92 Å². The fourth-order valence-corrected chi connectivity index (χ4v) is 2.73. The van der Waals surface area contributed by atoms with E-state index in [9.17, 15) is 14.7 Å². The summed E-state index contributed by atoms with van der Waals surface area (Å²) >= 11 is 0. The van der Waals surface area contributed by atoms with Crippen LogP contribution >= 0.6 is 0 Å². The first-order valence-electron chi connectivity index (χ1n) is 7.30. The van der Waals surface area contributed by atoms with Gasteiger partial charge in [0, 0.05) is 18.9 Å². The number of carboxylic acids is 1. The van der Waals surface area contributed by atoms with Crippen molar-refractivity contribution in [2.24, 2.45) is 0 Å². The molecule has 7 nitrogen and oxygen atoms in total. The highest BCUT2D eigenvalue weighted by atomic mass is 16.4. The molecule has 3 N–H and O–H groups in total. The Bertz CT molecular complexity index is 502. The first-order chi connectivity index (χ1) is 9.99. The zero-order valence-corrected chi connectivity index (χ0v) is 12.4. The van der Waals surface area contributed by atoms with Crippen LogP contribution in [0.4, 0.5) is 4.79 Å². The van der Waals surface area contributed by atoms with Crippen molar-refractivity contribution in [2.45, 2.75) is 51.1 Å². The summed E-state index contributed by atoms with van der Waals surface area (Å²) in [5.74, 6) is -0.275. The Morgan fingerprint density at radius 1 is 1.57 bits per heavy atom. The first-order valence-corrected chi connectivity index (χ1v) is 7.30. The van der Waals surface area contributed by atoms with E-state index in [1.165, 1.54) is 4.90 Å². The summed E-state index contributed by atoms with van der Waals surface area (Å²) in [5, 5.41) is 12.3. The summed E-state index contributed by atoms with van der Waals surface area (Å²) in [6.45, 7) is 4.02. The minimum absolute atomic E-state index is 0.243. The lowest BCUT2D eigenvalue weighted by atomic mass is 9.89. The van der Waals surface area contributed by atoms with Gasteiger partial charge in [-0.25, -0.2) is 14.6 Å². The highest BCUT2D eigenvalue weighted by molar-refractivity contribution is 5.86. The van der Waals surface area contributed by atoms with Crippen LogP contribution in [0.1, 0.15) is 51.4 Å². The van der Waals surface area contributed by atoms with Gasteiger partial charge < -0.3 is 20.3 Å². The predicted octanol–water partition coefficient (Wildman–Crippen LogP) is 1.90. The standard InChI is InChI=1S/C14H22N4O3/c1-3-10(11-15-7-8-16-11)17-13(21)18-9-5-4-6-14(18,2)12(19)20/h7-8,10H,3-6,9H2,1-2H3,(H,15,16)(H,17,21)(H,19,20). The Hall–Kier alpha value is -2.05. The fourth-order valence-electron chi connectivity index (χ4n) is 2.73. The van der Waals surface area contributed by atoms with Crippen molar-refractivity contribution < 1.29 is 14.7 Å². The molecule has 2 unspecified atom stereocenters. The number of urea groups is 1. The van der Waals surface area contributed by atoms with Crippen LogP contribution in [0.3, 0.4) is 0 Å². The average Bonchev–Trinajstić information content (AvgIpc) is 2.98. The third kappa shape index (κ3) is 3.01. The predicted molar refractivity (Wildman–Crippen MR) is 76.7 cm³/mol. The summed E-state index contributed by atoms with van der Waals surface area (Å²) in [5.41, 5.74) is -1.14. The molecule has 0 saturated carbocycles. The monoisotopic (exact) mass is 294 g/mol. The Labute approximate surface area is 123 Å². The van der Waals surface area contributed by atoms with Crippen LogP contribution in [0.2, 0.25) is 0 Å². The van der Waals surface area contributed by atoms with Crippen LogP contribution in [0.15, 0.2) is 12.4 Å². The quantitative estimate of drug-likeness (QED) is 0.789. The van der Waals surface area contributed by atoms with Crippen molar-refractivity contribution in [2.75, 3.05) is 6.54 Å². The van der Waals surface area contributed by atoms with E-state index in [-0.39, 0.29) is 12.1 Å². The minimum atomic E-state index is -1.14. The summed E-state index contributed by atoms with van der Waals surface area (Å²) in [6, 6.07) is -0.588. The molecule has 2 heterocycles. The fraction of sp³-hybridized carbons (Fsp3) is 0.643. The topological polar surface area (TPSA) is 98.3 Å². The molecular weight excluding hydrogens is 272 g/mol. The number of aromatic nitrogens is 2. The number of carbonyl (C=O) groups is 2. The second kappa shape index (κ2) is 6.15. The van der Waals surface area contributed by atoms with Gasteiger partial charge in [-0.2, -0.15) is 0 Å². The van der Waals surface area contributed by atoms with E-state index < -0.39 is 11.5 Å². The van der Waals surface area contributed by atoms with E-state index in [1.807, 2.05) is 6.92 Å². The molecule has 0 spiro atoms. The number of carbonyl (C=O) groups excluding carboxylic acids is 1. The molecular formula is C14H22N4O3. The van der Waals surface area contributed by atoms with Gasteiger partial charge in [-0.15, -0.1) is 0 Å². The van der Waals surface area contributed by atoms with Crippen LogP contribution in [0.5, 0.6) is 0 Å². The maximum atomic E-state index is 12.5. The van der Waals surface area contributed by atoms with Gasteiger partial charge in [0.2, 0.25) is 0 Å². The maximum Gasteiger partial charge on any atom is 0.329 e. The van der Waals surface area contributed by atoms with Crippen LogP contribution in [-0.4, -0.2) is 44.1 Å². The number of hydrogen-bond acceptors (Lipinski definition) is 3. The van der Waals surface area contributed by atoms with Crippen molar-refractivity contribution in [3.05, 3.63) is 18.2 Å². The average molecular weight is 294 g/mol. The maximum absolute atomic E-state index is 12.5. The lowest BCUT2D eigenvalue weighted by Gasteiger charge is -2.41. The smallest absolute Gasteiger partial charge is 0.329 e. The van der Waals surface area contributed by atoms with Gasteiger partial charge in [0.1, 0.15) is 11.4 Å². The number of carboxylic acid groups (broad SMARTS) is 1. The normalized spacial score (nSPS) is 23.6. The van der Waals surface area contributed by atoms with Gasteiger partial charge in [-0.3, -0.25) is 0 Å². The number of aromatic amines is 1. The van der Waals surface area contributed by atoms with Crippen molar-refractivity contribution in [3.63, 3.8) is 0 Å². The van der Waals surface area contributed by atoms with Crippen LogP contribution in [0, 0.1) is 0 Å². The number of nitrogens with one attached hydrogen (secondary N) is 2. The molecule has 0 radical (unpaired) electrons. The SMILES string of the molecule is CCC(NC(=O)N1CCCCC1(C)C(=O)O)c1ncc[nH]1. The van der Waals surface area contributed by atoms with Gasteiger partial charge in [0.25, 0.3) is 0 Å². The van der Waals surface area contributed by atoms with E-state index in [0.29, 0.717) is 25.2 Å². The first kappa shape index (κ1) is 15.3. The molecule has 2 amide bonds. The minimum Gasteiger partial charge on any atom is -0.480 e. The van der Waals surface area contributed by atoms with Crippen molar-refractivity contribution in [1.29, 1.82) is 0 Å². The molecule has 2 atom stereocenters. The number of rotatable bonds is 4. The van der Waals surface area contributed by atoms with Gasteiger partial charge >= 0.3 is 12.0 Å². The number of imidazole rings is 1. The second-order valence-electron chi connectivity index (χ2n) is 5.57. The number of piperidine rings is 1. The van der Waals surface area contributed by atoms with Crippen molar-refractivity contribution in [3.8, 4) is 0 Å². The largest absolute Gasteiger partial charge is 0.480 e. The second-order valence-corrected chi connectivity index (χ2v) is 5.57. The molecule has 1 aromatic heterocycles. The molecule has 1 aliphatic rings. The molecule has 0 aliphatic carbocycles. The van der Waals surface area contributed by atoms with Crippen LogP contribution in [-0.2, 0) is 4.79 Å². The molecule has 116 valence electrons. The summed E-state index contributed by atoms with van der Waals surface area (Å²) in [6.07, 6.45) is 6.14. The van der Waals surface area contributed by atoms with Gasteiger partial charge in [0.15, 0.2) is 0 Å². The molecule has 0 bridgehead atoms. The molecule has 2 rings (SSSR count). The third-order valence-electron chi connectivity index (χ3n) is 4.15. The number of nitrogens with zero attached hydrogens (tertiary/aromatic N) is 2. The van der Waals surface area contributed by atoms with E-state index in [4.69, 9.17) is 0 Å². The zero-order valence-electron chi connectivity index (χ0n) is 12.4. The van der Waals surface area contributed by atoms with Crippen LogP contribution < -0.4 is 5.32 Å². The molecule has 1 saturated heterocycles. The van der Waals surface area contributed by atoms with Crippen molar-refractivity contribution in [1.82, 2.24) is 20.2 Å². The molecule has 1 fully saturated rings. The van der Waals surface area contributed by atoms with E-state index in [1.54, 1.807) is 19.3 Å². The van der Waals surface area contributed by atoms with Crippen LogP contribution in [0.25, 0.3) is 0 Å². The Balaban J connectivity index is 2.12. The summed E-state index contributed by atoms with van der Waals surface area (Å²) < 4.78 is 0. The Morgan fingerprint density at radius 2 is 2.33 bits per heavy atom.